The first-order chi connectivity index (χ1) is 55.9. The molecule has 118 heavy (non-hydrogen) atoms. The molecule has 17 rings (SSSR count). The van der Waals surface area contributed by atoms with Crippen molar-refractivity contribution in [2.45, 2.75) is 357 Å². The summed E-state index contributed by atoms with van der Waals surface area (Å²) < 4.78 is 14.6. The number of nitrogens with one attached hydrogen (secondary N) is 1. The summed E-state index contributed by atoms with van der Waals surface area (Å²) in [5.74, 6) is 13.7. The Kier molecular flexibility index (Phi) is 27.0. The number of ketones is 2. The Balaban J connectivity index is 0.000000129. The summed E-state index contributed by atoms with van der Waals surface area (Å²) in [7, 11) is 8.48. The Labute approximate surface area is 712 Å². The van der Waals surface area contributed by atoms with Crippen molar-refractivity contribution in [1.29, 1.82) is 0 Å². The predicted octanol–water partition coefficient (Wildman–Crippen LogP) is 20.3. The molecule has 662 valence electrons. The van der Waals surface area contributed by atoms with Crippen molar-refractivity contribution >= 4 is 41.1 Å². The molecule has 0 radical (unpaired) electrons. The molecule has 0 spiro atoms. The first-order valence-electron chi connectivity index (χ1n) is 48.7. The fraction of sp³-hybridized carbons (Fsp3) is 0.864. The average Bonchev–Trinajstić information content (AvgIpc) is 1.39. The normalized spacial score (nSPS) is 46.0. The van der Waals surface area contributed by atoms with Gasteiger partial charge in [-0.1, -0.05) is 87.8 Å². The zero-order chi connectivity index (χ0) is 84.7. The number of benzene rings is 1. The fourth-order valence-corrected chi connectivity index (χ4v) is 34.1. The van der Waals surface area contributed by atoms with Crippen LogP contribution in [0.2, 0.25) is 0 Å². The van der Waals surface area contributed by atoms with Gasteiger partial charge in [0.05, 0.1) is 45.7 Å². The van der Waals surface area contributed by atoms with Crippen molar-refractivity contribution in [3.63, 3.8) is 0 Å². The number of hydrogen-bond acceptors (Lipinski definition) is 14. The maximum absolute atomic E-state index is 13.4. The highest BCUT2D eigenvalue weighted by atomic mass is 16.5. The number of carbonyl (C=O) groups excluding carboxylic acids is 6. The zero-order valence-corrected chi connectivity index (χ0v) is 76.4. The maximum Gasteiger partial charge on any atom is 0.305 e. The van der Waals surface area contributed by atoms with Gasteiger partial charge >= 0.3 is 17.9 Å². The SMILES string of the molecule is CN(C)c1ccc(C(=O)NC2CCC3C4CC=C5CC(O)CCC5(C)C4CCC23C)cc1.COC(=O)CCC(C)C1CCC2C3C(=O)C[C@@H]4C[C@H](O)CCC4(C)C3CCC12C.COC(=O)CCC(C)C1CCC2C3CC[C@@H]4CC(=O)CCC4(C)C3CCC12C.COC(=O)CCC(C)C1CCC2C3C[C@H](O)[C@@H]4C[C@H](O)CCC4(C)C3CCC12C. The summed E-state index contributed by atoms with van der Waals surface area (Å²) in [4.78, 5) is 75.5. The number of hydrogen-bond donors (Lipinski definition) is 5. The number of nitrogens with zero attached hydrogens (tertiary/aromatic N) is 1. The van der Waals surface area contributed by atoms with Crippen molar-refractivity contribution in [2.75, 3.05) is 40.3 Å². The number of amides is 1. The topological polar surface area (TPSA) is 226 Å². The van der Waals surface area contributed by atoms with Crippen LogP contribution in [0.15, 0.2) is 35.9 Å². The first kappa shape index (κ1) is 90.1. The van der Waals surface area contributed by atoms with Crippen LogP contribution in [0.5, 0.6) is 0 Å². The lowest BCUT2D eigenvalue weighted by atomic mass is 9.44. The molecule has 0 bridgehead atoms. The molecule has 0 aliphatic heterocycles. The maximum atomic E-state index is 13.4. The molecule has 15 heteroatoms. The lowest BCUT2D eigenvalue weighted by molar-refractivity contribution is -0.172. The van der Waals surface area contributed by atoms with Gasteiger partial charge in [-0.25, -0.2) is 0 Å². The van der Waals surface area contributed by atoms with Gasteiger partial charge in [0.15, 0.2) is 0 Å². The molecule has 34 atom stereocenters. The van der Waals surface area contributed by atoms with Crippen LogP contribution in [0.4, 0.5) is 5.69 Å². The number of carbonyl (C=O) groups is 6. The third-order valence-electron chi connectivity index (χ3n) is 41.0. The number of ether oxygens (including phenoxy) is 3. The van der Waals surface area contributed by atoms with Gasteiger partial charge < -0.3 is 44.9 Å². The zero-order valence-electron chi connectivity index (χ0n) is 76.4. The van der Waals surface area contributed by atoms with Gasteiger partial charge in [-0.3, -0.25) is 28.8 Å². The summed E-state index contributed by atoms with van der Waals surface area (Å²) in [6, 6.07) is 8.20. The second-order valence-corrected chi connectivity index (χ2v) is 45.9. The van der Waals surface area contributed by atoms with Gasteiger partial charge in [0, 0.05) is 75.8 Å². The number of aliphatic hydroxyl groups excluding tert-OH is 4. The Bertz CT molecular complexity index is 3760. The molecule has 0 saturated heterocycles. The fourth-order valence-electron chi connectivity index (χ4n) is 34.1. The van der Waals surface area contributed by atoms with Crippen LogP contribution in [-0.4, -0.2) is 122 Å². The van der Waals surface area contributed by atoms with E-state index in [0.717, 1.165) is 169 Å². The highest BCUT2D eigenvalue weighted by Gasteiger charge is 2.67. The predicted molar refractivity (Wildman–Crippen MR) is 465 cm³/mol. The standard InChI is InChI=1S/C28H40N2O2.C25H40O4.C25H42O4.C25H40O3/c1-27-15-13-21(31)17-19(27)7-10-22-23-11-12-25(28(23,2)16-14-24(22)27)29-26(32)18-5-8-20(9-6-18)30(3)4;1-15(5-8-22(28)29-4)18-6-7-19-23-20(10-12-25(18,19)3)24(2)11-9-17(26)13-16(24)14-21(23)27;1-15(5-8-23(28)29-4)18-6-7-19-17-14-22(27)21-13-16(26)9-11-25(21,3)20(17)10-12-24(18,19)2;1-16(5-10-23(27)28-4)20-8-9-21-19-7-6-17-15-18(26)11-13-24(17,2)22(19)12-14-25(20,21)3/h5-9,21-25,31H,10-17H2,1-4H3,(H,29,32);15-20,23,26H,5-14H2,1-4H3;15-22,26-27H,5-14H2,1-4H3;16-17,19-22H,5-15H2,1-4H3/t;15?,16-,17+,18?,19?,20?,23?,24?,25?;15?,16-,17?,18?,19?,20?,21+,22+,24?,25?;16?,17-,19?,20?,21?,22?,24?,25?/m.011/s1. The molecule has 15 fully saturated rings. The molecule has 16 aliphatic carbocycles. The molecule has 1 amide bonds. The van der Waals surface area contributed by atoms with E-state index in [1.54, 1.807) is 0 Å². The molecule has 15 nitrogen and oxygen atoms in total. The summed E-state index contributed by atoms with van der Waals surface area (Å²) >= 11 is 0. The van der Waals surface area contributed by atoms with Crippen LogP contribution in [0.25, 0.3) is 0 Å². The largest absolute Gasteiger partial charge is 0.469 e. The molecular weight excluding hydrogens is 1470 g/mol. The van der Waals surface area contributed by atoms with Crippen LogP contribution in [-0.2, 0) is 38.2 Å². The summed E-state index contributed by atoms with van der Waals surface area (Å²) in [6.45, 7) is 26.9. The Hall–Kier alpha value is -4.18. The molecule has 0 aromatic heterocycles. The van der Waals surface area contributed by atoms with Crippen LogP contribution < -0.4 is 10.2 Å². The first-order valence-corrected chi connectivity index (χ1v) is 48.7. The van der Waals surface area contributed by atoms with E-state index < -0.39 is 0 Å². The lowest BCUT2D eigenvalue weighted by Crippen LogP contribution is -2.58. The monoisotopic (exact) mass is 1640 g/mol. The second kappa shape index (κ2) is 35.3. The van der Waals surface area contributed by atoms with E-state index in [1.165, 1.54) is 130 Å². The van der Waals surface area contributed by atoms with Gasteiger partial charge in [0.1, 0.15) is 11.6 Å². The van der Waals surface area contributed by atoms with E-state index in [-0.39, 0.29) is 93.2 Å². The molecule has 16 aliphatic rings. The van der Waals surface area contributed by atoms with Gasteiger partial charge in [0.25, 0.3) is 5.91 Å². The molecule has 5 N–H and O–H groups in total. The molecule has 1 aromatic rings. The van der Waals surface area contributed by atoms with Crippen molar-refractivity contribution in [3.8, 4) is 0 Å². The number of anilines is 1. The van der Waals surface area contributed by atoms with E-state index in [4.69, 9.17) is 14.2 Å². The molecule has 15 saturated carbocycles. The second-order valence-electron chi connectivity index (χ2n) is 45.9. The number of Topliss-reactive ketones (excluding diaryl/α,β-unsaturated/α-hetero) is 2. The van der Waals surface area contributed by atoms with Gasteiger partial charge in [0.2, 0.25) is 0 Å². The number of esters is 3. The number of rotatable bonds is 15. The molecular formula is C103H162N2O13. The van der Waals surface area contributed by atoms with E-state index in [9.17, 15) is 49.2 Å². The Morgan fingerprint density at radius 1 is 0.441 bits per heavy atom. The third-order valence-corrected chi connectivity index (χ3v) is 41.0. The highest BCUT2D eigenvalue weighted by Crippen LogP contribution is 2.73. The Morgan fingerprint density at radius 3 is 1.47 bits per heavy atom. The highest BCUT2D eigenvalue weighted by molar-refractivity contribution is 5.95. The number of fused-ring (bicyclic) bond motifs is 20. The van der Waals surface area contributed by atoms with Crippen molar-refractivity contribution in [1.82, 2.24) is 5.32 Å². The minimum atomic E-state index is -0.255. The van der Waals surface area contributed by atoms with Crippen LogP contribution in [0, 0.1) is 168 Å². The summed E-state index contributed by atoms with van der Waals surface area (Å²) in [5.41, 5.74) is 5.72. The van der Waals surface area contributed by atoms with Gasteiger partial charge in [-0.15, -0.1) is 0 Å². The van der Waals surface area contributed by atoms with Crippen molar-refractivity contribution < 1.29 is 63.4 Å². The van der Waals surface area contributed by atoms with Crippen molar-refractivity contribution in [3.05, 3.63) is 41.5 Å². The van der Waals surface area contributed by atoms with E-state index in [0.29, 0.717) is 130 Å². The quantitative estimate of drug-likeness (QED) is 0.0626. The average molecular weight is 1640 g/mol. The minimum Gasteiger partial charge on any atom is -0.469 e. The van der Waals surface area contributed by atoms with Gasteiger partial charge in [-0.2, -0.15) is 0 Å². The van der Waals surface area contributed by atoms with Crippen molar-refractivity contribution in [2.24, 2.45) is 168 Å². The van der Waals surface area contributed by atoms with E-state index >= 15 is 0 Å². The smallest absolute Gasteiger partial charge is 0.305 e. The van der Waals surface area contributed by atoms with Crippen LogP contribution in [0.1, 0.15) is 337 Å². The number of allylic oxidation sites excluding steroid dienone is 1. The molecule has 28 unspecified atom stereocenters. The van der Waals surface area contributed by atoms with Crippen LogP contribution >= 0.6 is 0 Å². The molecule has 1 aromatic carbocycles. The number of methoxy groups -OCH3 is 3. The molecule has 0 heterocycles. The summed E-state index contributed by atoms with van der Waals surface area (Å²) in [6.07, 6.45) is 42.8. The van der Waals surface area contributed by atoms with Crippen LogP contribution in [0.3, 0.4) is 0 Å². The number of aliphatic hydroxyl groups is 4. The summed E-state index contributed by atoms with van der Waals surface area (Å²) in [5, 5.41) is 45.2. The van der Waals surface area contributed by atoms with Gasteiger partial charge in [-0.05, 0) is 398 Å². The lowest BCUT2D eigenvalue weighted by Gasteiger charge is -2.62. The third kappa shape index (κ3) is 16.5. The van der Waals surface area contributed by atoms with E-state index in [2.05, 4.69) is 92.5 Å². The Morgan fingerprint density at radius 2 is 0.898 bits per heavy atom. The minimum absolute atomic E-state index is 0.0617. The van der Waals surface area contributed by atoms with E-state index in [1.807, 2.05) is 38.4 Å².